The minimum absolute atomic E-state index is 0.718. The first-order valence-corrected chi connectivity index (χ1v) is 3.79. The predicted octanol–water partition coefficient (Wildman–Crippen LogP) is 0.333. The number of rotatable bonds is 0. The van der Waals surface area contributed by atoms with Crippen molar-refractivity contribution in [3.05, 3.63) is 30.6 Å². The summed E-state index contributed by atoms with van der Waals surface area (Å²) in [5.41, 5.74) is 7.96. The van der Waals surface area contributed by atoms with Gasteiger partial charge < -0.3 is 11.2 Å². The zero-order valence-electron chi connectivity index (χ0n) is 6.77. The van der Waals surface area contributed by atoms with Crippen molar-refractivity contribution in [1.29, 1.82) is 0 Å². The molecule has 2 rings (SSSR count). The second-order valence-corrected chi connectivity index (χ2v) is 2.29. The molecule has 0 aromatic carbocycles. The summed E-state index contributed by atoms with van der Waals surface area (Å²) in [7, 11) is 0. The van der Waals surface area contributed by atoms with E-state index in [9.17, 15) is 0 Å². The highest BCUT2D eigenvalue weighted by Crippen LogP contribution is 1.82. The first kappa shape index (κ1) is 8.52. The van der Waals surface area contributed by atoms with Gasteiger partial charge in [-0.1, -0.05) is 6.07 Å². The van der Waals surface area contributed by atoms with Gasteiger partial charge in [-0.05, 0) is 12.1 Å². The Morgan fingerprint density at radius 1 is 1.25 bits per heavy atom. The predicted molar refractivity (Wildman–Crippen MR) is 48.5 cm³/mol. The molecule has 1 aliphatic heterocycles. The third-order valence-electron chi connectivity index (χ3n) is 1.28. The number of nitrogens with zero attached hydrogens (tertiary/aromatic N) is 2. The molecular weight excluding hydrogens is 152 g/mol. The minimum atomic E-state index is 0.718. The van der Waals surface area contributed by atoms with Crippen molar-refractivity contribution >= 4 is 5.84 Å². The van der Waals surface area contributed by atoms with Crippen LogP contribution in [0.2, 0.25) is 0 Å². The Morgan fingerprint density at radius 2 is 2.00 bits per heavy atom. The van der Waals surface area contributed by atoms with E-state index in [0.29, 0.717) is 0 Å². The third-order valence-corrected chi connectivity index (χ3v) is 1.28. The zero-order chi connectivity index (χ0) is 8.65. The number of amidine groups is 1. The summed E-state index contributed by atoms with van der Waals surface area (Å²) in [4.78, 5) is 3.78. The molecule has 12 heavy (non-hydrogen) atoms. The number of aromatic nitrogens is 1. The molecule has 4 heteroatoms. The van der Waals surface area contributed by atoms with Gasteiger partial charge in [0.1, 0.15) is 5.84 Å². The molecule has 0 saturated heterocycles. The first-order chi connectivity index (χ1) is 5.89. The average molecular weight is 164 g/mol. The highest BCUT2D eigenvalue weighted by molar-refractivity contribution is 5.81. The van der Waals surface area contributed by atoms with Crippen LogP contribution in [0.1, 0.15) is 6.42 Å². The molecule has 0 spiro atoms. The number of pyridine rings is 1. The third kappa shape index (κ3) is 3.55. The SMILES string of the molecule is NC1=NNCC1.c1ccncc1. The molecule has 0 saturated carbocycles. The Kier molecular flexibility index (Phi) is 3.63. The summed E-state index contributed by atoms with van der Waals surface area (Å²) in [5, 5.41) is 3.68. The molecule has 0 atom stereocenters. The van der Waals surface area contributed by atoms with Gasteiger partial charge in [-0.3, -0.25) is 4.98 Å². The van der Waals surface area contributed by atoms with Gasteiger partial charge in [-0.15, -0.1) is 0 Å². The van der Waals surface area contributed by atoms with Crippen molar-refractivity contribution in [3.8, 4) is 0 Å². The van der Waals surface area contributed by atoms with Crippen LogP contribution >= 0.6 is 0 Å². The Morgan fingerprint density at radius 3 is 2.17 bits per heavy atom. The summed E-state index contributed by atoms with van der Waals surface area (Å²) in [6, 6.07) is 5.72. The Balaban J connectivity index is 0.000000120. The van der Waals surface area contributed by atoms with E-state index in [4.69, 9.17) is 5.73 Å². The van der Waals surface area contributed by atoms with E-state index in [-0.39, 0.29) is 0 Å². The van der Waals surface area contributed by atoms with Crippen molar-refractivity contribution in [1.82, 2.24) is 10.4 Å². The van der Waals surface area contributed by atoms with Gasteiger partial charge in [0.05, 0.1) is 0 Å². The van der Waals surface area contributed by atoms with Crippen molar-refractivity contribution in [2.75, 3.05) is 6.54 Å². The monoisotopic (exact) mass is 164 g/mol. The maximum atomic E-state index is 5.22. The fourth-order valence-corrected chi connectivity index (χ4v) is 0.710. The normalized spacial score (nSPS) is 13.8. The molecule has 0 bridgehead atoms. The van der Waals surface area contributed by atoms with Gasteiger partial charge in [0, 0.05) is 25.4 Å². The molecule has 4 nitrogen and oxygen atoms in total. The Labute approximate surface area is 71.5 Å². The zero-order valence-corrected chi connectivity index (χ0v) is 6.77. The van der Waals surface area contributed by atoms with Crippen molar-refractivity contribution in [2.45, 2.75) is 6.42 Å². The second kappa shape index (κ2) is 5.12. The maximum Gasteiger partial charge on any atom is 0.121 e. The molecule has 0 unspecified atom stereocenters. The van der Waals surface area contributed by atoms with E-state index >= 15 is 0 Å². The number of hydrogen-bond donors (Lipinski definition) is 2. The number of nitrogens with two attached hydrogens (primary N) is 1. The van der Waals surface area contributed by atoms with Crippen LogP contribution in [0.3, 0.4) is 0 Å². The van der Waals surface area contributed by atoms with Crippen LogP contribution in [0.5, 0.6) is 0 Å². The molecule has 0 amide bonds. The molecule has 0 fully saturated rings. The number of hydrazone groups is 1. The van der Waals surface area contributed by atoms with E-state index in [2.05, 4.69) is 15.5 Å². The molecule has 2 heterocycles. The smallest absolute Gasteiger partial charge is 0.121 e. The summed E-state index contributed by atoms with van der Waals surface area (Å²) < 4.78 is 0. The maximum absolute atomic E-state index is 5.22. The van der Waals surface area contributed by atoms with Gasteiger partial charge >= 0.3 is 0 Å². The first-order valence-electron chi connectivity index (χ1n) is 3.79. The van der Waals surface area contributed by atoms with Gasteiger partial charge in [0.2, 0.25) is 0 Å². The highest BCUT2D eigenvalue weighted by atomic mass is 15.3. The quantitative estimate of drug-likeness (QED) is 0.581. The summed E-state index contributed by atoms with van der Waals surface area (Å²) in [6.07, 6.45) is 4.40. The Hall–Kier alpha value is -1.58. The van der Waals surface area contributed by atoms with Crippen LogP contribution in [0.25, 0.3) is 0 Å². The summed E-state index contributed by atoms with van der Waals surface area (Å²) in [5.74, 6) is 0.718. The molecule has 1 aliphatic rings. The van der Waals surface area contributed by atoms with Crippen LogP contribution in [-0.2, 0) is 0 Å². The molecule has 64 valence electrons. The fourth-order valence-electron chi connectivity index (χ4n) is 0.710. The molecule has 0 radical (unpaired) electrons. The van der Waals surface area contributed by atoms with Crippen LogP contribution < -0.4 is 11.2 Å². The van der Waals surface area contributed by atoms with E-state index in [1.54, 1.807) is 12.4 Å². The highest BCUT2D eigenvalue weighted by Gasteiger charge is 1.96. The van der Waals surface area contributed by atoms with Gasteiger partial charge in [-0.25, -0.2) is 0 Å². The largest absolute Gasteiger partial charge is 0.386 e. The van der Waals surface area contributed by atoms with Gasteiger partial charge in [0.15, 0.2) is 0 Å². The topological polar surface area (TPSA) is 63.3 Å². The van der Waals surface area contributed by atoms with Gasteiger partial charge in [-0.2, -0.15) is 5.10 Å². The standard InChI is InChI=1S/C5H5N.C3H7N3/c1-2-4-6-5-3-1;4-3-1-2-5-6-3/h1-5H;5H,1-2H2,(H2,4,6). The number of hydrogen-bond acceptors (Lipinski definition) is 4. The minimum Gasteiger partial charge on any atom is -0.386 e. The Bertz CT molecular complexity index is 205. The molecule has 3 N–H and O–H groups in total. The van der Waals surface area contributed by atoms with Crippen LogP contribution in [-0.4, -0.2) is 17.4 Å². The summed E-state index contributed by atoms with van der Waals surface area (Å²) in [6.45, 7) is 0.909. The van der Waals surface area contributed by atoms with Crippen LogP contribution in [0.15, 0.2) is 35.7 Å². The van der Waals surface area contributed by atoms with Crippen molar-refractivity contribution < 1.29 is 0 Å². The van der Waals surface area contributed by atoms with Crippen molar-refractivity contribution in [3.63, 3.8) is 0 Å². The second-order valence-electron chi connectivity index (χ2n) is 2.29. The van der Waals surface area contributed by atoms with Crippen LogP contribution in [0, 0.1) is 0 Å². The molecule has 1 aromatic rings. The molecular formula is C8H12N4. The number of nitrogens with one attached hydrogen (secondary N) is 1. The van der Waals surface area contributed by atoms with Crippen LogP contribution in [0.4, 0.5) is 0 Å². The van der Waals surface area contributed by atoms with E-state index < -0.39 is 0 Å². The van der Waals surface area contributed by atoms with E-state index in [0.717, 1.165) is 18.8 Å². The van der Waals surface area contributed by atoms with E-state index in [1.165, 1.54) is 0 Å². The van der Waals surface area contributed by atoms with Crippen molar-refractivity contribution in [2.24, 2.45) is 10.8 Å². The lowest BCUT2D eigenvalue weighted by molar-refractivity contribution is 0.813. The lowest BCUT2D eigenvalue weighted by Gasteiger charge is -1.75. The summed E-state index contributed by atoms with van der Waals surface area (Å²) >= 11 is 0. The van der Waals surface area contributed by atoms with E-state index in [1.807, 2.05) is 18.2 Å². The average Bonchev–Trinajstić information content (AvgIpc) is 2.60. The lowest BCUT2D eigenvalue weighted by atomic mass is 10.4. The van der Waals surface area contributed by atoms with Gasteiger partial charge in [0.25, 0.3) is 0 Å². The fraction of sp³-hybridized carbons (Fsp3) is 0.250. The lowest BCUT2D eigenvalue weighted by Crippen LogP contribution is -2.06. The molecule has 0 aliphatic carbocycles. The molecule has 1 aromatic heterocycles.